The first-order chi connectivity index (χ1) is 10.1. The molecule has 0 spiro atoms. The van der Waals surface area contributed by atoms with Gasteiger partial charge in [0.05, 0.1) is 16.3 Å². The van der Waals surface area contributed by atoms with Crippen molar-refractivity contribution in [3.8, 4) is 0 Å². The first-order valence-electron chi connectivity index (χ1n) is 7.67. The highest BCUT2D eigenvalue weighted by Crippen LogP contribution is 2.40. The number of aromatic nitrogens is 1. The lowest BCUT2D eigenvalue weighted by molar-refractivity contribution is -0.0969. The standard InChI is InChI=1S/C15H23ClN4O/c16-12-4-5-14(19-17)18-13(12)10-20-8-7-15(21)6-2-1-3-11(15)9-20/h4-5,11,21H,1-3,6-10,17H2,(H,18,19). The predicted octanol–water partition coefficient (Wildman–Crippen LogP) is 2.15. The summed E-state index contributed by atoms with van der Waals surface area (Å²) in [4.78, 5) is 6.78. The predicted molar refractivity (Wildman–Crippen MR) is 83.9 cm³/mol. The van der Waals surface area contributed by atoms with Crippen LogP contribution in [0.2, 0.25) is 5.02 Å². The van der Waals surface area contributed by atoms with E-state index in [1.165, 1.54) is 6.42 Å². The van der Waals surface area contributed by atoms with Gasteiger partial charge in [0, 0.05) is 25.6 Å². The van der Waals surface area contributed by atoms with Crippen LogP contribution in [0.4, 0.5) is 5.82 Å². The summed E-state index contributed by atoms with van der Waals surface area (Å²) in [5.41, 5.74) is 2.96. The van der Waals surface area contributed by atoms with Gasteiger partial charge in [0.25, 0.3) is 0 Å². The van der Waals surface area contributed by atoms with Crippen LogP contribution in [0.1, 0.15) is 37.8 Å². The lowest BCUT2D eigenvalue weighted by Gasteiger charge is -2.47. The summed E-state index contributed by atoms with van der Waals surface area (Å²) in [7, 11) is 0. The molecule has 2 unspecified atom stereocenters. The number of hydrogen-bond donors (Lipinski definition) is 3. The van der Waals surface area contributed by atoms with Gasteiger partial charge in [-0.25, -0.2) is 10.8 Å². The molecule has 0 amide bonds. The van der Waals surface area contributed by atoms with E-state index in [9.17, 15) is 5.11 Å². The van der Waals surface area contributed by atoms with E-state index in [4.69, 9.17) is 17.4 Å². The molecule has 6 heteroatoms. The lowest BCUT2D eigenvalue weighted by atomic mass is 9.71. The normalized spacial score (nSPS) is 30.0. The van der Waals surface area contributed by atoms with Crippen molar-refractivity contribution in [3.63, 3.8) is 0 Å². The molecule has 4 N–H and O–H groups in total. The quantitative estimate of drug-likeness (QED) is 0.589. The van der Waals surface area contributed by atoms with E-state index in [-0.39, 0.29) is 0 Å². The van der Waals surface area contributed by atoms with Gasteiger partial charge >= 0.3 is 0 Å². The van der Waals surface area contributed by atoms with Crippen molar-refractivity contribution in [2.24, 2.45) is 11.8 Å². The fourth-order valence-corrected chi connectivity index (χ4v) is 3.84. The van der Waals surface area contributed by atoms with E-state index in [0.29, 0.717) is 23.3 Å². The second-order valence-electron chi connectivity index (χ2n) is 6.30. The molecule has 1 aromatic rings. The molecule has 0 aromatic carbocycles. The molecule has 2 fully saturated rings. The monoisotopic (exact) mass is 310 g/mol. The van der Waals surface area contributed by atoms with Crippen LogP contribution in [0.25, 0.3) is 0 Å². The molecule has 21 heavy (non-hydrogen) atoms. The Balaban J connectivity index is 1.69. The summed E-state index contributed by atoms with van der Waals surface area (Å²) in [5.74, 6) is 6.41. The Morgan fingerprint density at radius 1 is 1.43 bits per heavy atom. The largest absolute Gasteiger partial charge is 0.390 e. The van der Waals surface area contributed by atoms with Crippen LogP contribution in [0.3, 0.4) is 0 Å². The van der Waals surface area contributed by atoms with E-state index in [1.54, 1.807) is 6.07 Å². The van der Waals surface area contributed by atoms with Crippen molar-refractivity contribution in [3.05, 3.63) is 22.8 Å². The maximum absolute atomic E-state index is 10.7. The average Bonchev–Trinajstić information content (AvgIpc) is 2.49. The zero-order valence-electron chi connectivity index (χ0n) is 12.2. The Morgan fingerprint density at radius 2 is 2.29 bits per heavy atom. The number of anilines is 1. The Hall–Kier alpha value is -0.880. The molecule has 1 saturated heterocycles. The minimum atomic E-state index is -0.438. The van der Waals surface area contributed by atoms with Crippen LogP contribution >= 0.6 is 11.6 Å². The van der Waals surface area contributed by atoms with E-state index in [0.717, 1.165) is 44.5 Å². The van der Waals surface area contributed by atoms with Crippen LogP contribution in [-0.2, 0) is 6.54 Å². The number of rotatable bonds is 3. The van der Waals surface area contributed by atoms with Gasteiger partial charge < -0.3 is 10.5 Å². The fourth-order valence-electron chi connectivity index (χ4n) is 3.67. The highest BCUT2D eigenvalue weighted by Gasteiger charge is 2.42. The van der Waals surface area contributed by atoms with Crippen LogP contribution in [0.15, 0.2) is 12.1 Å². The van der Waals surface area contributed by atoms with Crippen LogP contribution in [0, 0.1) is 5.92 Å². The molecule has 1 aromatic heterocycles. The number of piperidine rings is 1. The van der Waals surface area contributed by atoms with Gasteiger partial charge in [0.1, 0.15) is 5.82 Å². The van der Waals surface area contributed by atoms with Gasteiger partial charge in [-0.05, 0) is 31.4 Å². The average molecular weight is 311 g/mol. The zero-order chi connectivity index (χ0) is 14.9. The smallest absolute Gasteiger partial charge is 0.140 e. The van der Waals surface area contributed by atoms with Crippen molar-refractivity contribution < 1.29 is 5.11 Å². The number of pyridine rings is 1. The molecule has 5 nitrogen and oxygen atoms in total. The highest BCUT2D eigenvalue weighted by atomic mass is 35.5. The molecular formula is C15H23ClN4O. The number of nitrogen functional groups attached to an aromatic ring is 1. The maximum atomic E-state index is 10.7. The molecule has 116 valence electrons. The number of likely N-dealkylation sites (tertiary alicyclic amines) is 1. The molecular weight excluding hydrogens is 288 g/mol. The lowest BCUT2D eigenvalue weighted by Crippen LogP contribution is -2.53. The third-order valence-corrected chi connectivity index (χ3v) is 5.30. The van der Waals surface area contributed by atoms with Crippen molar-refractivity contribution in [2.75, 3.05) is 18.5 Å². The summed E-state index contributed by atoms with van der Waals surface area (Å²) in [6.07, 6.45) is 5.32. The second kappa shape index (κ2) is 6.08. The second-order valence-corrected chi connectivity index (χ2v) is 6.71. The molecule has 2 atom stereocenters. The van der Waals surface area contributed by atoms with Crippen molar-refractivity contribution in [2.45, 2.75) is 44.2 Å². The van der Waals surface area contributed by atoms with Gasteiger partial charge in [-0.15, -0.1) is 0 Å². The number of aliphatic hydroxyl groups is 1. The van der Waals surface area contributed by atoms with Crippen molar-refractivity contribution in [1.29, 1.82) is 0 Å². The zero-order valence-corrected chi connectivity index (χ0v) is 12.9. The summed E-state index contributed by atoms with van der Waals surface area (Å²) in [6, 6.07) is 3.59. The third-order valence-electron chi connectivity index (χ3n) is 4.95. The number of halogens is 1. The van der Waals surface area contributed by atoms with Crippen molar-refractivity contribution >= 4 is 17.4 Å². The van der Waals surface area contributed by atoms with E-state index >= 15 is 0 Å². The number of fused-ring (bicyclic) bond motifs is 1. The summed E-state index contributed by atoms with van der Waals surface area (Å²) in [5, 5.41) is 11.4. The Labute approximate surface area is 130 Å². The topological polar surface area (TPSA) is 74.4 Å². The van der Waals surface area contributed by atoms with Crippen LogP contribution in [-0.4, -0.2) is 33.7 Å². The number of nitrogens with two attached hydrogens (primary N) is 1. The van der Waals surface area contributed by atoms with Gasteiger partial charge in [0.15, 0.2) is 0 Å². The molecule has 3 rings (SSSR count). The van der Waals surface area contributed by atoms with Gasteiger partial charge in [-0.2, -0.15) is 0 Å². The molecule has 2 aliphatic rings. The SMILES string of the molecule is NNc1ccc(Cl)c(CN2CCC3(O)CCCCC3C2)n1. The number of nitrogens with one attached hydrogen (secondary N) is 1. The van der Waals surface area contributed by atoms with Crippen molar-refractivity contribution in [1.82, 2.24) is 9.88 Å². The minimum Gasteiger partial charge on any atom is -0.390 e. The summed E-state index contributed by atoms with van der Waals surface area (Å²) in [6.45, 7) is 2.53. The summed E-state index contributed by atoms with van der Waals surface area (Å²) >= 11 is 6.23. The fraction of sp³-hybridized carbons (Fsp3) is 0.667. The third kappa shape index (κ3) is 3.16. The number of hydrazine groups is 1. The first kappa shape index (κ1) is 15.0. The first-order valence-corrected chi connectivity index (χ1v) is 8.05. The van der Waals surface area contributed by atoms with Gasteiger partial charge in [-0.1, -0.05) is 24.4 Å². The molecule has 1 aliphatic heterocycles. The van der Waals surface area contributed by atoms with Gasteiger partial charge in [0.2, 0.25) is 0 Å². The van der Waals surface area contributed by atoms with E-state index in [2.05, 4.69) is 15.3 Å². The Kier molecular flexibility index (Phi) is 4.36. The Morgan fingerprint density at radius 3 is 3.10 bits per heavy atom. The van der Waals surface area contributed by atoms with E-state index in [1.807, 2.05) is 6.07 Å². The molecule has 1 aliphatic carbocycles. The number of nitrogens with zero attached hydrogens (tertiary/aromatic N) is 2. The minimum absolute atomic E-state index is 0.384. The van der Waals surface area contributed by atoms with E-state index < -0.39 is 5.60 Å². The molecule has 0 bridgehead atoms. The maximum Gasteiger partial charge on any atom is 0.140 e. The molecule has 2 heterocycles. The van der Waals surface area contributed by atoms with Crippen LogP contribution in [0.5, 0.6) is 0 Å². The van der Waals surface area contributed by atoms with Gasteiger partial charge in [-0.3, -0.25) is 4.90 Å². The molecule has 1 saturated carbocycles. The Bertz CT molecular complexity index is 512. The number of hydrogen-bond acceptors (Lipinski definition) is 5. The van der Waals surface area contributed by atoms with Crippen LogP contribution < -0.4 is 11.3 Å². The summed E-state index contributed by atoms with van der Waals surface area (Å²) < 4.78 is 0. The molecule has 0 radical (unpaired) electrons. The highest BCUT2D eigenvalue weighted by molar-refractivity contribution is 6.31.